The SMILES string of the molecule is C=CCc1cc(C=NNC(=O)C(NC(=O)c2ccccc2)C(C)C)cc(OCC)c1O. The van der Waals surface area contributed by atoms with E-state index in [0.717, 1.165) is 0 Å². The molecule has 2 aromatic carbocycles. The van der Waals surface area contributed by atoms with Gasteiger partial charge in [-0.25, -0.2) is 5.43 Å². The van der Waals surface area contributed by atoms with E-state index in [1.807, 2.05) is 26.8 Å². The van der Waals surface area contributed by atoms with Gasteiger partial charge in [-0.15, -0.1) is 6.58 Å². The summed E-state index contributed by atoms with van der Waals surface area (Å²) in [4.78, 5) is 25.0. The molecule has 0 saturated carbocycles. The molecule has 2 aromatic rings. The number of carbonyl (C=O) groups is 2. The van der Waals surface area contributed by atoms with Crippen molar-refractivity contribution in [1.29, 1.82) is 0 Å². The van der Waals surface area contributed by atoms with Crippen LogP contribution in [0.3, 0.4) is 0 Å². The summed E-state index contributed by atoms with van der Waals surface area (Å²) in [5.74, 6) is -0.491. The highest BCUT2D eigenvalue weighted by Gasteiger charge is 2.24. The lowest BCUT2D eigenvalue weighted by atomic mass is 10.0. The molecule has 164 valence electrons. The average molecular weight is 424 g/mol. The first-order valence-electron chi connectivity index (χ1n) is 10.2. The molecule has 2 amide bonds. The van der Waals surface area contributed by atoms with Crippen molar-refractivity contribution in [2.75, 3.05) is 6.61 Å². The number of allylic oxidation sites excluding steroid dienone is 1. The maximum atomic E-state index is 12.6. The molecule has 0 aliphatic carbocycles. The number of amides is 2. The maximum Gasteiger partial charge on any atom is 0.262 e. The molecule has 0 fully saturated rings. The standard InChI is InChI=1S/C24H29N3O4/c1-5-10-19-13-17(14-20(22(19)28)31-6-2)15-25-27-24(30)21(16(3)4)26-23(29)18-11-8-7-9-12-18/h5,7-9,11-16,21,28H,1,6,10H2,2-4H3,(H,26,29)(H,27,30). The van der Waals surface area contributed by atoms with Gasteiger partial charge in [0.15, 0.2) is 11.5 Å². The van der Waals surface area contributed by atoms with Gasteiger partial charge in [-0.05, 0) is 49.1 Å². The van der Waals surface area contributed by atoms with Crippen molar-refractivity contribution in [2.45, 2.75) is 33.2 Å². The highest BCUT2D eigenvalue weighted by Crippen LogP contribution is 2.31. The zero-order chi connectivity index (χ0) is 22.8. The summed E-state index contributed by atoms with van der Waals surface area (Å²) >= 11 is 0. The number of hydrogen-bond acceptors (Lipinski definition) is 5. The minimum atomic E-state index is -0.750. The predicted octanol–water partition coefficient (Wildman–Crippen LogP) is 3.42. The molecule has 3 N–H and O–H groups in total. The van der Waals surface area contributed by atoms with E-state index >= 15 is 0 Å². The van der Waals surface area contributed by atoms with Crippen LogP contribution in [0.4, 0.5) is 0 Å². The fourth-order valence-electron chi connectivity index (χ4n) is 2.93. The number of ether oxygens (including phenoxy) is 1. The lowest BCUT2D eigenvalue weighted by Gasteiger charge is -2.20. The third kappa shape index (κ3) is 6.70. The second kappa shape index (κ2) is 11.5. The lowest BCUT2D eigenvalue weighted by Crippen LogP contribution is -2.48. The largest absolute Gasteiger partial charge is 0.504 e. The van der Waals surface area contributed by atoms with Crippen LogP contribution in [0.15, 0.2) is 60.2 Å². The lowest BCUT2D eigenvalue weighted by molar-refractivity contribution is -0.123. The van der Waals surface area contributed by atoms with Crippen molar-refractivity contribution in [1.82, 2.24) is 10.7 Å². The molecule has 31 heavy (non-hydrogen) atoms. The van der Waals surface area contributed by atoms with E-state index < -0.39 is 11.9 Å². The minimum absolute atomic E-state index is 0.0615. The summed E-state index contributed by atoms with van der Waals surface area (Å²) in [5, 5.41) is 17.0. The number of benzene rings is 2. The molecule has 0 spiro atoms. The van der Waals surface area contributed by atoms with E-state index in [9.17, 15) is 14.7 Å². The molecular formula is C24H29N3O4. The summed E-state index contributed by atoms with van der Waals surface area (Å²) in [6, 6.07) is 11.3. The van der Waals surface area contributed by atoms with Crippen molar-refractivity contribution in [3.63, 3.8) is 0 Å². The number of rotatable bonds is 10. The molecule has 0 aromatic heterocycles. The Morgan fingerprint density at radius 2 is 1.94 bits per heavy atom. The molecule has 1 atom stereocenters. The second-order valence-electron chi connectivity index (χ2n) is 7.25. The van der Waals surface area contributed by atoms with Crippen LogP contribution in [-0.2, 0) is 11.2 Å². The molecule has 1 unspecified atom stereocenters. The van der Waals surface area contributed by atoms with Crippen LogP contribution in [0, 0.1) is 5.92 Å². The second-order valence-corrected chi connectivity index (χ2v) is 7.25. The average Bonchev–Trinajstić information content (AvgIpc) is 2.75. The van der Waals surface area contributed by atoms with Crippen LogP contribution in [0.2, 0.25) is 0 Å². The topological polar surface area (TPSA) is 100 Å². The Hall–Kier alpha value is -3.61. The fraction of sp³-hybridized carbons (Fsp3) is 0.292. The zero-order valence-electron chi connectivity index (χ0n) is 18.1. The normalized spacial score (nSPS) is 11.9. The molecule has 2 rings (SSSR count). The first-order valence-corrected chi connectivity index (χ1v) is 10.2. The summed E-state index contributed by atoms with van der Waals surface area (Å²) in [6.07, 6.45) is 3.60. The van der Waals surface area contributed by atoms with Gasteiger partial charge in [-0.3, -0.25) is 9.59 Å². The van der Waals surface area contributed by atoms with Crippen LogP contribution < -0.4 is 15.5 Å². The number of hydrogen-bond donors (Lipinski definition) is 3. The summed E-state index contributed by atoms with van der Waals surface area (Å²) < 4.78 is 5.47. The molecule has 0 saturated heterocycles. The van der Waals surface area contributed by atoms with Crippen molar-refractivity contribution in [2.24, 2.45) is 11.0 Å². The first kappa shape index (κ1) is 23.7. The number of carbonyl (C=O) groups excluding carboxylic acids is 2. The highest BCUT2D eigenvalue weighted by atomic mass is 16.5. The number of phenols is 1. The van der Waals surface area contributed by atoms with E-state index in [0.29, 0.717) is 35.5 Å². The quantitative estimate of drug-likeness (QED) is 0.310. The number of aromatic hydroxyl groups is 1. The molecular weight excluding hydrogens is 394 g/mol. The Labute approximate surface area is 182 Å². The van der Waals surface area contributed by atoms with Crippen molar-refractivity contribution in [3.8, 4) is 11.5 Å². The van der Waals surface area contributed by atoms with Crippen molar-refractivity contribution < 1.29 is 19.4 Å². The summed E-state index contributed by atoms with van der Waals surface area (Å²) in [5.41, 5.74) is 4.25. The van der Waals surface area contributed by atoms with Crippen molar-refractivity contribution >= 4 is 18.0 Å². The molecule has 0 aliphatic rings. The third-order valence-corrected chi connectivity index (χ3v) is 4.50. The number of nitrogens with zero attached hydrogens (tertiary/aromatic N) is 1. The van der Waals surface area contributed by atoms with Crippen LogP contribution in [0.5, 0.6) is 11.5 Å². The van der Waals surface area contributed by atoms with Gasteiger partial charge in [0.2, 0.25) is 0 Å². The van der Waals surface area contributed by atoms with Crippen LogP contribution in [0.25, 0.3) is 0 Å². The van der Waals surface area contributed by atoms with Crippen LogP contribution in [0.1, 0.15) is 42.3 Å². The monoisotopic (exact) mass is 423 g/mol. The Kier molecular flexibility index (Phi) is 8.81. The molecule has 7 heteroatoms. The van der Waals surface area contributed by atoms with Gasteiger partial charge < -0.3 is 15.2 Å². The van der Waals surface area contributed by atoms with Gasteiger partial charge in [0, 0.05) is 11.1 Å². The smallest absolute Gasteiger partial charge is 0.262 e. The van der Waals surface area contributed by atoms with E-state index in [4.69, 9.17) is 4.74 Å². The Morgan fingerprint density at radius 1 is 1.23 bits per heavy atom. The zero-order valence-corrected chi connectivity index (χ0v) is 18.1. The van der Waals surface area contributed by atoms with Crippen molar-refractivity contribution in [3.05, 3.63) is 71.8 Å². The van der Waals surface area contributed by atoms with Gasteiger partial charge in [0.25, 0.3) is 11.8 Å². The molecule has 7 nitrogen and oxygen atoms in total. The van der Waals surface area contributed by atoms with Gasteiger partial charge in [0.05, 0.1) is 12.8 Å². The van der Waals surface area contributed by atoms with Crippen LogP contribution >= 0.6 is 0 Å². The van der Waals surface area contributed by atoms with Gasteiger partial charge in [-0.2, -0.15) is 5.10 Å². The Morgan fingerprint density at radius 3 is 2.55 bits per heavy atom. The maximum absolute atomic E-state index is 12.6. The van der Waals surface area contributed by atoms with Gasteiger partial charge in [-0.1, -0.05) is 38.1 Å². The first-order chi connectivity index (χ1) is 14.9. The fourth-order valence-corrected chi connectivity index (χ4v) is 2.93. The van der Waals surface area contributed by atoms with E-state index in [-0.39, 0.29) is 17.6 Å². The van der Waals surface area contributed by atoms with Gasteiger partial charge in [0.1, 0.15) is 6.04 Å². The minimum Gasteiger partial charge on any atom is -0.504 e. The number of hydrazone groups is 1. The molecule has 0 aliphatic heterocycles. The number of phenolic OH excluding ortho intramolecular Hbond substituents is 1. The van der Waals surface area contributed by atoms with E-state index in [2.05, 4.69) is 22.4 Å². The molecule has 0 radical (unpaired) electrons. The summed E-state index contributed by atoms with van der Waals surface area (Å²) in [6.45, 7) is 9.60. The third-order valence-electron chi connectivity index (χ3n) is 4.50. The van der Waals surface area contributed by atoms with Crippen LogP contribution in [-0.4, -0.2) is 35.8 Å². The van der Waals surface area contributed by atoms with E-state index in [1.165, 1.54) is 6.21 Å². The summed E-state index contributed by atoms with van der Waals surface area (Å²) in [7, 11) is 0. The number of nitrogens with one attached hydrogen (secondary N) is 2. The van der Waals surface area contributed by atoms with Gasteiger partial charge >= 0.3 is 0 Å². The highest BCUT2D eigenvalue weighted by molar-refractivity contribution is 5.97. The Balaban J connectivity index is 2.11. The molecule has 0 bridgehead atoms. The predicted molar refractivity (Wildman–Crippen MR) is 121 cm³/mol. The Bertz CT molecular complexity index is 939. The molecule has 0 heterocycles. The van der Waals surface area contributed by atoms with E-state index in [1.54, 1.807) is 42.5 Å².